The molecule has 2 N–H and O–H groups in total. The molecule has 0 aromatic heterocycles. The summed E-state index contributed by atoms with van der Waals surface area (Å²) in [6.45, 7) is 3.23. The number of carboxylic acid groups (broad SMARTS) is 1. The van der Waals surface area contributed by atoms with Gasteiger partial charge in [-0.25, -0.2) is 4.79 Å². The number of amides is 1. The van der Waals surface area contributed by atoms with E-state index in [9.17, 15) is 14.4 Å². The van der Waals surface area contributed by atoms with Crippen molar-refractivity contribution in [3.63, 3.8) is 0 Å². The maximum absolute atomic E-state index is 12.7. The highest BCUT2D eigenvalue weighted by Gasteiger charge is 2.21. The van der Waals surface area contributed by atoms with E-state index in [0.29, 0.717) is 23.4 Å². The summed E-state index contributed by atoms with van der Waals surface area (Å²) in [7, 11) is 0. The van der Waals surface area contributed by atoms with Gasteiger partial charge in [-0.3, -0.25) is 9.59 Å². The first-order valence-corrected chi connectivity index (χ1v) is 9.17. The maximum atomic E-state index is 12.7. The largest absolute Gasteiger partial charge is 0.478 e. The third kappa shape index (κ3) is 5.74. The Bertz CT molecular complexity index is 805. The summed E-state index contributed by atoms with van der Waals surface area (Å²) in [5.41, 5.74) is 2.45. The number of aryl methyl sites for hydroxylation is 1. The number of aromatic carboxylic acids is 1. The molecule has 0 saturated heterocycles. The van der Waals surface area contributed by atoms with Gasteiger partial charge in [0, 0.05) is 18.4 Å². The molecular formula is C20H21NO4S. The Morgan fingerprint density at radius 2 is 1.81 bits per heavy atom. The topological polar surface area (TPSA) is 83.5 Å². The van der Waals surface area contributed by atoms with E-state index in [1.54, 1.807) is 13.0 Å². The van der Waals surface area contributed by atoms with Crippen molar-refractivity contribution >= 4 is 34.4 Å². The minimum atomic E-state index is -1.01. The van der Waals surface area contributed by atoms with E-state index >= 15 is 0 Å². The number of carbonyl (C=O) groups excluding carboxylic acids is 2. The number of carbonyl (C=O) groups is 3. The Hall–Kier alpha value is -2.60. The lowest BCUT2D eigenvalue weighted by Gasteiger charge is -2.17. The van der Waals surface area contributed by atoms with Crippen molar-refractivity contribution in [2.75, 3.05) is 11.1 Å². The highest BCUT2D eigenvalue weighted by Crippen LogP contribution is 2.21. The number of nitrogens with one attached hydrogen (secondary N) is 1. The fraction of sp³-hybridized carbons (Fsp3) is 0.250. The third-order valence-corrected chi connectivity index (χ3v) is 4.89. The monoisotopic (exact) mass is 371 g/mol. The molecule has 0 bridgehead atoms. The van der Waals surface area contributed by atoms with Crippen LogP contribution in [0.4, 0.5) is 5.69 Å². The first-order valence-electron chi connectivity index (χ1n) is 8.19. The first-order chi connectivity index (χ1) is 12.4. The van der Waals surface area contributed by atoms with Gasteiger partial charge in [0.1, 0.15) is 0 Å². The van der Waals surface area contributed by atoms with Crippen molar-refractivity contribution in [3.05, 3.63) is 65.2 Å². The molecule has 0 aliphatic rings. The van der Waals surface area contributed by atoms with Crippen molar-refractivity contribution in [3.8, 4) is 0 Å². The van der Waals surface area contributed by atoms with Gasteiger partial charge in [0.25, 0.3) is 0 Å². The van der Waals surface area contributed by atoms with Crippen LogP contribution in [0.5, 0.6) is 0 Å². The molecule has 0 aliphatic heterocycles. The molecule has 0 radical (unpaired) electrons. The van der Waals surface area contributed by atoms with Crippen LogP contribution in [0.15, 0.2) is 48.5 Å². The molecule has 0 fully saturated rings. The Morgan fingerprint density at radius 3 is 2.38 bits per heavy atom. The van der Waals surface area contributed by atoms with E-state index in [1.165, 1.54) is 19.1 Å². The van der Waals surface area contributed by atoms with Crippen LogP contribution < -0.4 is 5.32 Å². The van der Waals surface area contributed by atoms with E-state index in [2.05, 4.69) is 5.32 Å². The average molecular weight is 371 g/mol. The number of anilines is 1. The van der Waals surface area contributed by atoms with Crippen LogP contribution in [0.3, 0.4) is 0 Å². The maximum Gasteiger partial charge on any atom is 0.335 e. The van der Waals surface area contributed by atoms with E-state index in [1.807, 2.05) is 30.3 Å². The van der Waals surface area contributed by atoms with E-state index in [4.69, 9.17) is 5.11 Å². The fourth-order valence-electron chi connectivity index (χ4n) is 2.52. The van der Waals surface area contributed by atoms with Gasteiger partial charge < -0.3 is 10.4 Å². The summed E-state index contributed by atoms with van der Waals surface area (Å²) in [4.78, 5) is 35.1. The van der Waals surface area contributed by atoms with Crippen LogP contribution in [-0.4, -0.2) is 27.9 Å². The average Bonchev–Trinajstić information content (AvgIpc) is 2.60. The molecule has 6 heteroatoms. The number of rotatable bonds is 7. The molecular weight excluding hydrogens is 350 g/mol. The molecule has 5 nitrogen and oxygen atoms in total. The van der Waals surface area contributed by atoms with Crippen molar-refractivity contribution in [1.29, 1.82) is 0 Å². The number of hydrogen-bond acceptors (Lipinski definition) is 4. The second-order valence-electron chi connectivity index (χ2n) is 6.01. The molecule has 0 aliphatic carbocycles. The summed E-state index contributed by atoms with van der Waals surface area (Å²) in [5, 5.41) is 11.9. The zero-order valence-electron chi connectivity index (χ0n) is 14.7. The normalized spacial score (nSPS) is 11.6. The van der Waals surface area contributed by atoms with Crippen LogP contribution >= 0.6 is 11.8 Å². The summed E-state index contributed by atoms with van der Waals surface area (Å²) in [5.74, 6) is -1.17. The Labute approximate surface area is 156 Å². The van der Waals surface area contributed by atoms with Gasteiger partial charge in [0.2, 0.25) is 5.91 Å². The molecule has 0 heterocycles. The molecule has 1 unspecified atom stereocenters. The van der Waals surface area contributed by atoms with E-state index < -0.39 is 5.97 Å². The smallest absolute Gasteiger partial charge is 0.335 e. The van der Waals surface area contributed by atoms with Crippen molar-refractivity contribution < 1.29 is 19.5 Å². The van der Waals surface area contributed by atoms with Gasteiger partial charge >= 0.3 is 5.97 Å². The standard InChI is InChI=1S/C20H21NO4S/c1-13-10-16(20(24)25)8-9-18(13)21-19(23)17(12-26-14(2)22)11-15-6-4-3-5-7-15/h3-10,17H,11-12H2,1-2H3,(H,21,23)(H,24,25). The van der Waals surface area contributed by atoms with Gasteiger partial charge in [-0.15, -0.1) is 0 Å². The fourth-order valence-corrected chi connectivity index (χ4v) is 3.22. The van der Waals surface area contributed by atoms with E-state index in [-0.39, 0.29) is 22.5 Å². The Balaban J connectivity index is 2.14. The summed E-state index contributed by atoms with van der Waals surface area (Å²) >= 11 is 1.13. The van der Waals surface area contributed by atoms with Crippen LogP contribution in [-0.2, 0) is 16.0 Å². The molecule has 2 aromatic carbocycles. The number of thioether (sulfide) groups is 1. The van der Waals surface area contributed by atoms with Gasteiger partial charge in [0.05, 0.1) is 11.5 Å². The SMILES string of the molecule is CC(=O)SCC(Cc1ccccc1)C(=O)Nc1ccc(C(=O)O)cc1C. The second kappa shape index (κ2) is 9.20. The number of carboxylic acids is 1. The molecule has 26 heavy (non-hydrogen) atoms. The van der Waals surface area contributed by atoms with Crippen LogP contribution in [0.2, 0.25) is 0 Å². The van der Waals surface area contributed by atoms with Crippen molar-refractivity contribution in [2.45, 2.75) is 20.3 Å². The van der Waals surface area contributed by atoms with Crippen LogP contribution in [0.25, 0.3) is 0 Å². The van der Waals surface area contributed by atoms with Gasteiger partial charge in [-0.05, 0) is 42.7 Å². The molecule has 0 spiro atoms. The third-order valence-electron chi connectivity index (χ3n) is 3.91. The molecule has 1 amide bonds. The second-order valence-corrected chi connectivity index (χ2v) is 7.21. The minimum Gasteiger partial charge on any atom is -0.478 e. The number of hydrogen-bond donors (Lipinski definition) is 2. The zero-order valence-corrected chi connectivity index (χ0v) is 15.5. The van der Waals surface area contributed by atoms with Crippen molar-refractivity contribution in [1.82, 2.24) is 0 Å². The lowest BCUT2D eigenvalue weighted by Crippen LogP contribution is -2.27. The lowest BCUT2D eigenvalue weighted by molar-refractivity contribution is -0.119. The predicted molar refractivity (Wildman–Crippen MR) is 104 cm³/mol. The van der Waals surface area contributed by atoms with Gasteiger partial charge in [-0.1, -0.05) is 42.1 Å². The summed E-state index contributed by atoms with van der Waals surface area (Å²) in [6, 6.07) is 14.2. The van der Waals surface area contributed by atoms with E-state index in [0.717, 1.165) is 17.3 Å². The lowest BCUT2D eigenvalue weighted by atomic mass is 10.00. The zero-order chi connectivity index (χ0) is 19.1. The summed E-state index contributed by atoms with van der Waals surface area (Å²) in [6.07, 6.45) is 0.527. The Kier molecular flexibility index (Phi) is 6.97. The summed E-state index contributed by atoms with van der Waals surface area (Å²) < 4.78 is 0. The molecule has 1 atom stereocenters. The molecule has 2 aromatic rings. The number of benzene rings is 2. The van der Waals surface area contributed by atoms with Crippen LogP contribution in [0.1, 0.15) is 28.4 Å². The quantitative estimate of drug-likeness (QED) is 0.774. The molecule has 136 valence electrons. The van der Waals surface area contributed by atoms with Crippen LogP contribution in [0, 0.1) is 12.8 Å². The minimum absolute atomic E-state index is 0.0298. The Morgan fingerprint density at radius 1 is 1.12 bits per heavy atom. The highest BCUT2D eigenvalue weighted by molar-refractivity contribution is 8.13. The predicted octanol–water partition coefficient (Wildman–Crippen LogP) is 3.77. The highest BCUT2D eigenvalue weighted by atomic mass is 32.2. The van der Waals surface area contributed by atoms with Crippen molar-refractivity contribution in [2.24, 2.45) is 5.92 Å². The van der Waals surface area contributed by atoms with Gasteiger partial charge in [0.15, 0.2) is 5.12 Å². The van der Waals surface area contributed by atoms with Gasteiger partial charge in [-0.2, -0.15) is 0 Å². The molecule has 2 rings (SSSR count). The first kappa shape index (κ1) is 19.7. The molecule has 0 saturated carbocycles.